The van der Waals surface area contributed by atoms with Gasteiger partial charge in [0.25, 0.3) is 10.0 Å². The van der Waals surface area contributed by atoms with Gasteiger partial charge in [-0.15, -0.1) is 0 Å². The summed E-state index contributed by atoms with van der Waals surface area (Å²) in [7, 11) is -4.03. The number of carbonyl (C=O) groups is 1. The van der Waals surface area contributed by atoms with E-state index in [-0.39, 0.29) is 24.1 Å². The van der Waals surface area contributed by atoms with E-state index in [9.17, 15) is 17.6 Å². The number of fused-ring (bicyclic) bond motifs is 1. The summed E-state index contributed by atoms with van der Waals surface area (Å²) >= 11 is 0. The highest BCUT2D eigenvalue weighted by atomic mass is 32.2. The first-order valence-electron chi connectivity index (χ1n) is 9.37. The molecule has 7 nitrogen and oxygen atoms in total. The minimum absolute atomic E-state index is 0.0238. The van der Waals surface area contributed by atoms with Crippen LogP contribution in [0, 0.1) is 5.82 Å². The van der Waals surface area contributed by atoms with Crippen molar-refractivity contribution in [3.63, 3.8) is 0 Å². The molecule has 160 valence electrons. The van der Waals surface area contributed by atoms with Crippen LogP contribution in [0.5, 0.6) is 11.5 Å². The van der Waals surface area contributed by atoms with Gasteiger partial charge >= 0.3 is 0 Å². The van der Waals surface area contributed by atoms with Crippen molar-refractivity contribution in [2.75, 3.05) is 16.4 Å². The van der Waals surface area contributed by atoms with Crippen molar-refractivity contribution in [1.82, 2.24) is 0 Å². The molecule has 0 spiro atoms. The Labute approximate surface area is 179 Å². The van der Waals surface area contributed by atoms with Gasteiger partial charge in [0, 0.05) is 18.7 Å². The van der Waals surface area contributed by atoms with Crippen molar-refractivity contribution in [2.24, 2.45) is 0 Å². The molecule has 9 heteroatoms. The highest BCUT2D eigenvalue weighted by Crippen LogP contribution is 2.37. The summed E-state index contributed by atoms with van der Waals surface area (Å²) in [6, 6.07) is 16.4. The summed E-state index contributed by atoms with van der Waals surface area (Å²) in [5, 5.41) is 2.60. The van der Waals surface area contributed by atoms with E-state index in [2.05, 4.69) is 5.32 Å². The molecule has 0 fully saturated rings. The van der Waals surface area contributed by atoms with Crippen molar-refractivity contribution in [1.29, 1.82) is 0 Å². The Morgan fingerprint density at radius 1 is 1.03 bits per heavy atom. The fraction of sp³-hybridized carbons (Fsp3) is 0.136. The van der Waals surface area contributed by atoms with Crippen LogP contribution >= 0.6 is 0 Å². The van der Waals surface area contributed by atoms with Gasteiger partial charge in [0.15, 0.2) is 11.5 Å². The predicted molar refractivity (Wildman–Crippen MR) is 113 cm³/mol. The second-order valence-corrected chi connectivity index (χ2v) is 8.75. The lowest BCUT2D eigenvalue weighted by Gasteiger charge is -2.25. The number of benzene rings is 3. The Balaban J connectivity index is 1.74. The van der Waals surface area contributed by atoms with Gasteiger partial charge in [-0.25, -0.2) is 12.8 Å². The second kappa shape index (κ2) is 8.27. The van der Waals surface area contributed by atoms with Crippen LogP contribution in [-0.4, -0.2) is 21.1 Å². The van der Waals surface area contributed by atoms with Gasteiger partial charge in [-0.05, 0) is 54.1 Å². The number of hydrogen-bond donors (Lipinski definition) is 1. The number of amides is 1. The van der Waals surface area contributed by atoms with Crippen LogP contribution in [0.2, 0.25) is 0 Å². The molecule has 0 aliphatic carbocycles. The van der Waals surface area contributed by atoms with Crippen LogP contribution in [0.1, 0.15) is 12.5 Å². The maximum Gasteiger partial charge on any atom is 0.264 e. The number of nitrogens with one attached hydrogen (secondary N) is 1. The summed E-state index contributed by atoms with van der Waals surface area (Å²) < 4.78 is 52.7. The maximum absolute atomic E-state index is 13.7. The lowest BCUT2D eigenvalue weighted by atomic mass is 10.2. The molecule has 1 N–H and O–H groups in total. The van der Waals surface area contributed by atoms with Crippen LogP contribution in [0.3, 0.4) is 0 Å². The van der Waals surface area contributed by atoms with Gasteiger partial charge in [-0.1, -0.05) is 12.1 Å². The number of anilines is 2. The number of carbonyl (C=O) groups excluding carboxylic acids is 1. The van der Waals surface area contributed by atoms with Crippen LogP contribution in [0.15, 0.2) is 71.6 Å². The summed E-state index contributed by atoms with van der Waals surface area (Å²) in [6.45, 7) is 1.33. The molecule has 1 aliphatic heterocycles. The molecule has 0 radical (unpaired) electrons. The number of ether oxygens (including phenoxy) is 2. The lowest BCUT2D eigenvalue weighted by molar-refractivity contribution is -0.114. The topological polar surface area (TPSA) is 84.9 Å². The average Bonchev–Trinajstić information content (AvgIpc) is 3.20. The Bertz CT molecular complexity index is 1230. The third-order valence-corrected chi connectivity index (χ3v) is 6.41. The van der Waals surface area contributed by atoms with Crippen LogP contribution < -0.4 is 19.1 Å². The van der Waals surface area contributed by atoms with Crippen LogP contribution in [0.4, 0.5) is 15.8 Å². The van der Waals surface area contributed by atoms with E-state index in [0.717, 1.165) is 0 Å². The standard InChI is InChI=1S/C22H19FN2O5S/c1-15(26)24-18-5-8-20(9-6-18)31(27,28)25(13-16-3-2-4-17(23)11-16)19-7-10-21-22(12-19)30-14-29-21/h2-12H,13-14H2,1H3,(H,24,26). The molecule has 1 heterocycles. The van der Waals surface area contributed by atoms with Crippen molar-refractivity contribution in [3.8, 4) is 11.5 Å². The highest BCUT2D eigenvalue weighted by Gasteiger charge is 2.27. The Kier molecular flexibility index (Phi) is 5.51. The number of sulfonamides is 1. The SMILES string of the molecule is CC(=O)Nc1ccc(S(=O)(=O)N(Cc2cccc(F)c2)c2ccc3c(c2)OCO3)cc1. The number of hydrogen-bond acceptors (Lipinski definition) is 5. The first-order chi connectivity index (χ1) is 14.8. The third-order valence-electron chi connectivity index (χ3n) is 4.62. The summed E-state index contributed by atoms with van der Waals surface area (Å²) in [5.74, 6) is 0.230. The van der Waals surface area contributed by atoms with Gasteiger partial charge in [-0.3, -0.25) is 9.10 Å². The minimum atomic E-state index is -4.03. The predicted octanol–water partition coefficient (Wildman–Crippen LogP) is 3.91. The highest BCUT2D eigenvalue weighted by molar-refractivity contribution is 7.92. The molecule has 3 aromatic rings. The van der Waals surface area contributed by atoms with E-state index >= 15 is 0 Å². The monoisotopic (exact) mass is 442 g/mol. The van der Waals surface area contributed by atoms with Crippen molar-refractivity contribution < 1.29 is 27.1 Å². The van der Waals surface area contributed by atoms with Gasteiger partial charge in [-0.2, -0.15) is 0 Å². The van der Waals surface area contributed by atoms with Crippen LogP contribution in [-0.2, 0) is 21.4 Å². The lowest BCUT2D eigenvalue weighted by Crippen LogP contribution is -2.30. The number of rotatable bonds is 6. The zero-order chi connectivity index (χ0) is 22.0. The minimum Gasteiger partial charge on any atom is -0.454 e. The van der Waals surface area contributed by atoms with Gasteiger partial charge in [0.2, 0.25) is 12.7 Å². The van der Waals surface area contributed by atoms with E-state index in [1.165, 1.54) is 53.7 Å². The van der Waals surface area contributed by atoms with Crippen molar-refractivity contribution in [2.45, 2.75) is 18.4 Å². The van der Waals surface area contributed by atoms with E-state index in [1.807, 2.05) is 0 Å². The van der Waals surface area contributed by atoms with Gasteiger partial charge < -0.3 is 14.8 Å². The zero-order valence-electron chi connectivity index (χ0n) is 16.5. The second-order valence-electron chi connectivity index (χ2n) is 6.88. The Morgan fingerprint density at radius 2 is 1.77 bits per heavy atom. The van der Waals surface area contributed by atoms with Crippen molar-refractivity contribution >= 4 is 27.3 Å². The van der Waals surface area contributed by atoms with Gasteiger partial charge in [0.05, 0.1) is 17.1 Å². The molecule has 0 saturated carbocycles. The number of nitrogens with zero attached hydrogens (tertiary/aromatic N) is 1. The summed E-state index contributed by atoms with van der Waals surface area (Å²) in [5.41, 5.74) is 1.31. The zero-order valence-corrected chi connectivity index (χ0v) is 17.4. The fourth-order valence-corrected chi connectivity index (χ4v) is 4.64. The maximum atomic E-state index is 13.7. The van der Waals surface area contributed by atoms with Gasteiger partial charge in [0.1, 0.15) is 5.82 Å². The third kappa shape index (κ3) is 4.46. The quantitative estimate of drug-likeness (QED) is 0.626. The van der Waals surface area contributed by atoms with Crippen LogP contribution in [0.25, 0.3) is 0 Å². The summed E-state index contributed by atoms with van der Waals surface area (Å²) in [6.07, 6.45) is 0. The molecule has 0 atom stereocenters. The molecule has 1 aliphatic rings. The smallest absolute Gasteiger partial charge is 0.264 e. The first-order valence-corrected chi connectivity index (χ1v) is 10.8. The summed E-state index contributed by atoms with van der Waals surface area (Å²) in [4.78, 5) is 11.2. The molecular weight excluding hydrogens is 423 g/mol. The Morgan fingerprint density at radius 3 is 2.48 bits per heavy atom. The molecule has 0 unspecified atom stereocenters. The average molecular weight is 442 g/mol. The van der Waals surface area contributed by atoms with E-state index in [0.29, 0.717) is 28.4 Å². The molecule has 0 bridgehead atoms. The molecule has 0 aromatic heterocycles. The normalized spacial score (nSPS) is 12.5. The molecular formula is C22H19FN2O5S. The molecule has 4 rings (SSSR count). The van der Waals surface area contributed by atoms with Crippen molar-refractivity contribution in [3.05, 3.63) is 78.1 Å². The number of halogens is 1. The largest absolute Gasteiger partial charge is 0.454 e. The molecule has 1 amide bonds. The molecule has 31 heavy (non-hydrogen) atoms. The molecule has 0 saturated heterocycles. The Hall–Kier alpha value is -3.59. The van der Waals surface area contributed by atoms with E-state index in [4.69, 9.17) is 9.47 Å². The van der Waals surface area contributed by atoms with E-state index < -0.39 is 15.8 Å². The molecule has 3 aromatic carbocycles. The van der Waals surface area contributed by atoms with E-state index in [1.54, 1.807) is 24.3 Å². The fourth-order valence-electron chi connectivity index (χ4n) is 3.20. The first kappa shape index (κ1) is 20.7.